The fraction of sp³-hybridized carbons (Fsp3) is 0.571. The summed E-state index contributed by atoms with van der Waals surface area (Å²) in [6.45, 7) is 7.19. The molecule has 1 atom stereocenters. The average Bonchev–Trinajstić information content (AvgIpc) is 2.29. The van der Waals surface area contributed by atoms with E-state index >= 15 is 0 Å². The van der Waals surface area contributed by atoms with Crippen molar-refractivity contribution < 1.29 is 9.84 Å². The number of ether oxygens (including phenoxy) is 1. The highest BCUT2D eigenvalue weighted by Gasteiger charge is 2.09. The maximum atomic E-state index is 9.03. The molecule has 2 N–H and O–H groups in total. The van der Waals surface area contributed by atoms with Crippen molar-refractivity contribution in [3.05, 3.63) is 29.8 Å². The summed E-state index contributed by atoms with van der Waals surface area (Å²) in [5, 5.41) is 12.4. The molecule has 0 fully saturated rings. The summed E-state index contributed by atoms with van der Waals surface area (Å²) >= 11 is 0. The van der Waals surface area contributed by atoms with Crippen molar-refractivity contribution in [2.24, 2.45) is 0 Å². The molecule has 0 amide bonds. The van der Waals surface area contributed by atoms with Gasteiger partial charge in [-0.05, 0) is 44.5 Å². The van der Waals surface area contributed by atoms with E-state index in [1.807, 2.05) is 26.0 Å². The van der Waals surface area contributed by atoms with Crippen LogP contribution in [0.15, 0.2) is 24.3 Å². The van der Waals surface area contributed by atoms with E-state index in [9.17, 15) is 0 Å². The molecular weight excluding hydrogens is 214 g/mol. The van der Waals surface area contributed by atoms with Gasteiger partial charge in [-0.15, -0.1) is 0 Å². The third-order valence-corrected chi connectivity index (χ3v) is 2.52. The maximum absolute atomic E-state index is 9.03. The Morgan fingerprint density at radius 2 is 1.88 bits per heavy atom. The normalized spacial score (nSPS) is 12.8. The van der Waals surface area contributed by atoms with Crippen molar-refractivity contribution in [3.63, 3.8) is 0 Å². The standard InChI is InChI=1S/C14H23NO2/c1-4-15-14(9-10-16)12-5-7-13(8-6-12)17-11(2)3/h5-8,11,14-16H,4,9-10H2,1-3H3. The van der Waals surface area contributed by atoms with Gasteiger partial charge in [-0.2, -0.15) is 0 Å². The van der Waals surface area contributed by atoms with Crippen LogP contribution >= 0.6 is 0 Å². The van der Waals surface area contributed by atoms with E-state index < -0.39 is 0 Å². The predicted molar refractivity (Wildman–Crippen MR) is 70.3 cm³/mol. The average molecular weight is 237 g/mol. The number of aliphatic hydroxyl groups excluding tert-OH is 1. The molecule has 17 heavy (non-hydrogen) atoms. The first kappa shape index (κ1) is 14.0. The molecule has 1 unspecified atom stereocenters. The van der Waals surface area contributed by atoms with E-state index in [1.165, 1.54) is 5.56 Å². The molecule has 1 rings (SSSR count). The van der Waals surface area contributed by atoms with Gasteiger partial charge in [0.1, 0.15) is 5.75 Å². The Balaban J connectivity index is 2.69. The fourth-order valence-corrected chi connectivity index (χ4v) is 1.81. The SMILES string of the molecule is CCNC(CCO)c1ccc(OC(C)C)cc1. The number of benzene rings is 1. The summed E-state index contributed by atoms with van der Waals surface area (Å²) in [5.41, 5.74) is 1.19. The van der Waals surface area contributed by atoms with Crippen LogP contribution in [-0.4, -0.2) is 24.4 Å². The molecule has 0 aliphatic rings. The molecule has 0 aliphatic carbocycles. The van der Waals surface area contributed by atoms with Gasteiger partial charge in [-0.25, -0.2) is 0 Å². The molecule has 0 spiro atoms. The van der Waals surface area contributed by atoms with Gasteiger partial charge >= 0.3 is 0 Å². The largest absolute Gasteiger partial charge is 0.491 e. The number of aliphatic hydroxyl groups is 1. The van der Waals surface area contributed by atoms with E-state index in [2.05, 4.69) is 24.4 Å². The van der Waals surface area contributed by atoms with Crippen LogP contribution < -0.4 is 10.1 Å². The van der Waals surface area contributed by atoms with Crippen molar-refractivity contribution >= 4 is 0 Å². The van der Waals surface area contributed by atoms with E-state index in [0.29, 0.717) is 0 Å². The fourth-order valence-electron chi connectivity index (χ4n) is 1.81. The second kappa shape index (κ2) is 7.30. The van der Waals surface area contributed by atoms with Crippen LogP contribution in [0.2, 0.25) is 0 Å². The highest BCUT2D eigenvalue weighted by atomic mass is 16.5. The molecule has 0 saturated carbocycles. The molecule has 0 heterocycles. The zero-order valence-corrected chi connectivity index (χ0v) is 10.9. The Labute approximate surface area is 104 Å². The van der Waals surface area contributed by atoms with Crippen LogP contribution in [0.3, 0.4) is 0 Å². The Kier molecular flexibility index (Phi) is 6.01. The summed E-state index contributed by atoms with van der Waals surface area (Å²) in [5.74, 6) is 0.892. The van der Waals surface area contributed by atoms with Crippen molar-refractivity contribution in [1.82, 2.24) is 5.32 Å². The lowest BCUT2D eigenvalue weighted by Gasteiger charge is -2.18. The third kappa shape index (κ3) is 4.75. The number of hydrogen-bond acceptors (Lipinski definition) is 3. The van der Waals surface area contributed by atoms with E-state index in [-0.39, 0.29) is 18.8 Å². The van der Waals surface area contributed by atoms with Gasteiger partial charge < -0.3 is 15.2 Å². The van der Waals surface area contributed by atoms with Gasteiger partial charge in [-0.3, -0.25) is 0 Å². The highest BCUT2D eigenvalue weighted by Crippen LogP contribution is 2.20. The molecule has 0 saturated heterocycles. The van der Waals surface area contributed by atoms with Gasteiger partial charge in [0.05, 0.1) is 6.10 Å². The zero-order valence-electron chi connectivity index (χ0n) is 10.9. The van der Waals surface area contributed by atoms with Gasteiger partial charge in [-0.1, -0.05) is 19.1 Å². The molecule has 0 aromatic heterocycles. The Hall–Kier alpha value is -1.06. The maximum Gasteiger partial charge on any atom is 0.119 e. The minimum absolute atomic E-state index is 0.196. The van der Waals surface area contributed by atoms with E-state index in [1.54, 1.807) is 0 Å². The van der Waals surface area contributed by atoms with Gasteiger partial charge in [0.2, 0.25) is 0 Å². The first-order chi connectivity index (χ1) is 8.17. The lowest BCUT2D eigenvalue weighted by atomic mass is 10.0. The van der Waals surface area contributed by atoms with Crippen molar-refractivity contribution in [3.8, 4) is 5.75 Å². The lowest BCUT2D eigenvalue weighted by Crippen LogP contribution is -2.21. The van der Waals surface area contributed by atoms with Gasteiger partial charge in [0, 0.05) is 12.6 Å². The minimum Gasteiger partial charge on any atom is -0.491 e. The Bertz CT molecular complexity index is 303. The first-order valence-electron chi connectivity index (χ1n) is 6.28. The van der Waals surface area contributed by atoms with Crippen molar-refractivity contribution in [2.75, 3.05) is 13.2 Å². The Morgan fingerprint density at radius 1 is 1.24 bits per heavy atom. The van der Waals surface area contributed by atoms with Crippen LogP contribution in [0.4, 0.5) is 0 Å². The molecular formula is C14H23NO2. The second-order valence-corrected chi connectivity index (χ2v) is 4.36. The van der Waals surface area contributed by atoms with Crippen LogP contribution in [-0.2, 0) is 0 Å². The third-order valence-electron chi connectivity index (χ3n) is 2.52. The quantitative estimate of drug-likeness (QED) is 0.765. The highest BCUT2D eigenvalue weighted by molar-refractivity contribution is 5.29. The van der Waals surface area contributed by atoms with E-state index in [0.717, 1.165) is 18.7 Å². The minimum atomic E-state index is 0.196. The number of rotatable bonds is 7. The van der Waals surface area contributed by atoms with Gasteiger partial charge in [0.25, 0.3) is 0 Å². The predicted octanol–water partition coefficient (Wildman–Crippen LogP) is 2.51. The molecule has 0 bridgehead atoms. The molecule has 1 aromatic rings. The summed E-state index contributed by atoms with van der Waals surface area (Å²) < 4.78 is 5.60. The Morgan fingerprint density at radius 3 is 2.35 bits per heavy atom. The van der Waals surface area contributed by atoms with E-state index in [4.69, 9.17) is 9.84 Å². The van der Waals surface area contributed by atoms with Gasteiger partial charge in [0.15, 0.2) is 0 Å². The summed E-state index contributed by atoms with van der Waals surface area (Å²) in [4.78, 5) is 0. The summed E-state index contributed by atoms with van der Waals surface area (Å²) in [6.07, 6.45) is 0.931. The molecule has 1 aromatic carbocycles. The molecule has 0 aliphatic heterocycles. The van der Waals surface area contributed by atoms with Crippen LogP contribution in [0.25, 0.3) is 0 Å². The molecule has 3 heteroatoms. The lowest BCUT2D eigenvalue weighted by molar-refractivity contribution is 0.242. The van der Waals surface area contributed by atoms with Crippen LogP contribution in [0, 0.1) is 0 Å². The van der Waals surface area contributed by atoms with Crippen LogP contribution in [0.5, 0.6) is 5.75 Å². The monoisotopic (exact) mass is 237 g/mol. The van der Waals surface area contributed by atoms with Crippen molar-refractivity contribution in [2.45, 2.75) is 39.3 Å². The van der Waals surface area contributed by atoms with Crippen molar-refractivity contribution in [1.29, 1.82) is 0 Å². The number of hydrogen-bond donors (Lipinski definition) is 2. The molecule has 96 valence electrons. The molecule has 0 radical (unpaired) electrons. The summed E-state index contributed by atoms with van der Waals surface area (Å²) in [7, 11) is 0. The number of nitrogens with one attached hydrogen (secondary N) is 1. The zero-order chi connectivity index (χ0) is 12.7. The summed E-state index contributed by atoms with van der Waals surface area (Å²) in [6, 6.07) is 8.30. The first-order valence-corrected chi connectivity index (χ1v) is 6.28. The molecule has 3 nitrogen and oxygen atoms in total. The van der Waals surface area contributed by atoms with Crippen LogP contribution in [0.1, 0.15) is 38.8 Å². The topological polar surface area (TPSA) is 41.5 Å². The second-order valence-electron chi connectivity index (χ2n) is 4.36. The smallest absolute Gasteiger partial charge is 0.119 e.